The molecule has 1 heterocycles. The first-order valence-electron chi connectivity index (χ1n) is 6.50. The fourth-order valence-electron chi connectivity index (χ4n) is 1.77. The van der Waals surface area contributed by atoms with Crippen LogP contribution in [0.25, 0.3) is 11.4 Å². The molecule has 1 aromatic carbocycles. The lowest BCUT2D eigenvalue weighted by atomic mass is 10.2. The third-order valence-corrected chi connectivity index (χ3v) is 2.79. The van der Waals surface area contributed by atoms with Gasteiger partial charge in [-0.05, 0) is 43.3 Å². The Morgan fingerprint density at radius 2 is 1.95 bits per heavy atom. The van der Waals surface area contributed by atoms with Crippen LogP contribution in [-0.4, -0.2) is 23.6 Å². The minimum Gasteiger partial charge on any atom is -0.497 e. The van der Waals surface area contributed by atoms with Gasteiger partial charge in [-0.15, -0.1) is 0 Å². The van der Waals surface area contributed by atoms with Crippen LogP contribution in [0.15, 0.2) is 36.5 Å². The second-order valence-electron chi connectivity index (χ2n) is 4.28. The molecule has 1 aromatic heterocycles. The average molecular weight is 257 g/mol. The molecule has 0 saturated carbocycles. The summed E-state index contributed by atoms with van der Waals surface area (Å²) in [6, 6.07) is 9.71. The summed E-state index contributed by atoms with van der Waals surface area (Å²) in [5.41, 5.74) is 2.01. The zero-order chi connectivity index (χ0) is 13.5. The summed E-state index contributed by atoms with van der Waals surface area (Å²) in [5, 5.41) is 3.34. The van der Waals surface area contributed by atoms with Gasteiger partial charge in [-0.2, -0.15) is 0 Å². The highest BCUT2D eigenvalue weighted by Gasteiger charge is 2.03. The molecular weight excluding hydrogens is 238 g/mol. The van der Waals surface area contributed by atoms with E-state index < -0.39 is 0 Å². The van der Waals surface area contributed by atoms with Gasteiger partial charge >= 0.3 is 0 Å². The molecule has 2 aromatic rings. The van der Waals surface area contributed by atoms with Crippen molar-refractivity contribution in [1.82, 2.24) is 15.3 Å². The van der Waals surface area contributed by atoms with Crippen LogP contribution in [0.1, 0.15) is 19.0 Å². The van der Waals surface area contributed by atoms with Gasteiger partial charge in [-0.3, -0.25) is 0 Å². The molecular formula is C15H19N3O. The minimum atomic E-state index is 0.749. The normalized spacial score (nSPS) is 10.4. The Balaban J connectivity index is 2.12. The minimum absolute atomic E-state index is 0.749. The van der Waals surface area contributed by atoms with Crippen molar-refractivity contribution in [2.24, 2.45) is 0 Å². The van der Waals surface area contributed by atoms with Gasteiger partial charge in [0.15, 0.2) is 5.82 Å². The first-order chi connectivity index (χ1) is 9.33. The number of hydrogen-bond donors (Lipinski definition) is 1. The molecule has 0 bridgehead atoms. The third kappa shape index (κ3) is 3.76. The van der Waals surface area contributed by atoms with Gasteiger partial charge in [0, 0.05) is 18.3 Å². The standard InChI is InChI=1S/C15H19N3O/c1-3-9-16-11-13-8-10-17-15(18-13)12-4-6-14(19-2)7-5-12/h4-8,10,16H,3,9,11H2,1-2H3. The third-order valence-electron chi connectivity index (χ3n) is 2.79. The fourth-order valence-corrected chi connectivity index (χ4v) is 1.77. The van der Waals surface area contributed by atoms with Crippen molar-refractivity contribution >= 4 is 0 Å². The van der Waals surface area contributed by atoms with E-state index in [2.05, 4.69) is 22.2 Å². The van der Waals surface area contributed by atoms with Crippen LogP contribution in [0.4, 0.5) is 0 Å². The summed E-state index contributed by atoms with van der Waals surface area (Å²) in [4.78, 5) is 8.87. The molecule has 2 rings (SSSR count). The van der Waals surface area contributed by atoms with Crippen molar-refractivity contribution in [3.8, 4) is 17.1 Å². The van der Waals surface area contributed by atoms with Crippen molar-refractivity contribution in [3.63, 3.8) is 0 Å². The van der Waals surface area contributed by atoms with E-state index in [1.165, 1.54) is 0 Å². The Labute approximate surface area is 113 Å². The number of rotatable bonds is 6. The van der Waals surface area contributed by atoms with Gasteiger partial charge in [0.1, 0.15) is 5.75 Å². The molecule has 0 aliphatic rings. The number of benzene rings is 1. The van der Waals surface area contributed by atoms with E-state index in [-0.39, 0.29) is 0 Å². The first-order valence-corrected chi connectivity index (χ1v) is 6.50. The van der Waals surface area contributed by atoms with Crippen molar-refractivity contribution in [1.29, 1.82) is 0 Å². The van der Waals surface area contributed by atoms with Crippen LogP contribution in [0, 0.1) is 0 Å². The fraction of sp³-hybridized carbons (Fsp3) is 0.333. The largest absolute Gasteiger partial charge is 0.497 e. The average Bonchev–Trinajstić information content (AvgIpc) is 2.48. The molecule has 0 unspecified atom stereocenters. The summed E-state index contributed by atoms with van der Waals surface area (Å²) in [6.45, 7) is 3.93. The molecule has 0 fully saturated rings. The maximum absolute atomic E-state index is 5.14. The number of ether oxygens (including phenoxy) is 1. The topological polar surface area (TPSA) is 47.0 Å². The highest BCUT2D eigenvalue weighted by molar-refractivity contribution is 5.56. The van der Waals surface area contributed by atoms with Crippen molar-refractivity contribution < 1.29 is 4.74 Å². The number of hydrogen-bond acceptors (Lipinski definition) is 4. The molecule has 0 spiro atoms. The summed E-state index contributed by atoms with van der Waals surface area (Å²) < 4.78 is 5.14. The van der Waals surface area contributed by atoms with Crippen molar-refractivity contribution in [2.45, 2.75) is 19.9 Å². The highest BCUT2D eigenvalue weighted by Crippen LogP contribution is 2.18. The predicted octanol–water partition coefficient (Wildman–Crippen LogP) is 2.65. The van der Waals surface area contributed by atoms with Crippen LogP contribution in [0.2, 0.25) is 0 Å². The van der Waals surface area contributed by atoms with E-state index in [1.807, 2.05) is 30.3 Å². The Kier molecular flexibility index (Phi) is 4.86. The van der Waals surface area contributed by atoms with Gasteiger partial charge in [-0.1, -0.05) is 6.92 Å². The maximum atomic E-state index is 5.14. The smallest absolute Gasteiger partial charge is 0.159 e. The maximum Gasteiger partial charge on any atom is 0.159 e. The summed E-state index contributed by atoms with van der Waals surface area (Å²) in [5.74, 6) is 1.59. The van der Waals surface area contributed by atoms with Crippen LogP contribution in [0.3, 0.4) is 0 Å². The van der Waals surface area contributed by atoms with Gasteiger partial charge in [0.05, 0.1) is 12.8 Å². The predicted molar refractivity (Wildman–Crippen MR) is 76.0 cm³/mol. The Hall–Kier alpha value is -1.94. The lowest BCUT2D eigenvalue weighted by Crippen LogP contribution is -2.15. The van der Waals surface area contributed by atoms with Crippen LogP contribution >= 0.6 is 0 Å². The highest BCUT2D eigenvalue weighted by atomic mass is 16.5. The van der Waals surface area contributed by atoms with E-state index in [9.17, 15) is 0 Å². The Morgan fingerprint density at radius 3 is 2.63 bits per heavy atom. The number of aromatic nitrogens is 2. The molecule has 0 amide bonds. The van der Waals surface area contributed by atoms with Crippen LogP contribution < -0.4 is 10.1 Å². The van der Waals surface area contributed by atoms with E-state index >= 15 is 0 Å². The first kappa shape index (κ1) is 13.5. The summed E-state index contributed by atoms with van der Waals surface area (Å²) >= 11 is 0. The molecule has 19 heavy (non-hydrogen) atoms. The molecule has 0 aliphatic heterocycles. The van der Waals surface area contributed by atoms with E-state index in [0.717, 1.165) is 42.3 Å². The SMILES string of the molecule is CCCNCc1ccnc(-c2ccc(OC)cc2)n1. The van der Waals surface area contributed by atoms with Gasteiger partial charge in [0.2, 0.25) is 0 Å². The monoisotopic (exact) mass is 257 g/mol. The molecule has 0 aliphatic carbocycles. The lowest BCUT2D eigenvalue weighted by Gasteiger charge is -2.05. The van der Waals surface area contributed by atoms with Gasteiger partial charge in [-0.25, -0.2) is 9.97 Å². The second-order valence-corrected chi connectivity index (χ2v) is 4.28. The van der Waals surface area contributed by atoms with Crippen molar-refractivity contribution in [3.05, 3.63) is 42.2 Å². The molecule has 4 heteroatoms. The zero-order valence-electron chi connectivity index (χ0n) is 11.4. The quantitative estimate of drug-likeness (QED) is 0.808. The summed E-state index contributed by atoms with van der Waals surface area (Å²) in [6.07, 6.45) is 2.92. The van der Waals surface area contributed by atoms with Gasteiger partial charge in [0.25, 0.3) is 0 Å². The number of nitrogens with zero attached hydrogens (tertiary/aromatic N) is 2. The Bertz CT molecular complexity index is 511. The molecule has 1 N–H and O–H groups in total. The zero-order valence-corrected chi connectivity index (χ0v) is 11.4. The molecule has 4 nitrogen and oxygen atoms in total. The molecule has 0 atom stereocenters. The van der Waals surface area contributed by atoms with Crippen LogP contribution in [-0.2, 0) is 6.54 Å². The van der Waals surface area contributed by atoms with Crippen molar-refractivity contribution in [2.75, 3.05) is 13.7 Å². The van der Waals surface area contributed by atoms with E-state index in [4.69, 9.17) is 4.74 Å². The summed E-state index contributed by atoms with van der Waals surface area (Å²) in [7, 11) is 1.66. The lowest BCUT2D eigenvalue weighted by molar-refractivity contribution is 0.415. The second kappa shape index (κ2) is 6.85. The van der Waals surface area contributed by atoms with Crippen LogP contribution in [0.5, 0.6) is 5.75 Å². The van der Waals surface area contributed by atoms with Gasteiger partial charge < -0.3 is 10.1 Å². The molecule has 100 valence electrons. The molecule has 0 radical (unpaired) electrons. The Morgan fingerprint density at radius 1 is 1.16 bits per heavy atom. The van der Waals surface area contributed by atoms with E-state index in [1.54, 1.807) is 13.3 Å². The van der Waals surface area contributed by atoms with E-state index in [0.29, 0.717) is 0 Å². The molecule has 0 saturated heterocycles. The number of methoxy groups -OCH3 is 1. The number of nitrogens with one attached hydrogen (secondary N) is 1.